The van der Waals surface area contributed by atoms with Crippen molar-refractivity contribution in [3.8, 4) is 11.1 Å². The summed E-state index contributed by atoms with van der Waals surface area (Å²) in [7, 11) is 0. The number of ether oxygens (including phenoxy) is 1. The molecule has 5 aromatic rings. The standard InChI is InChI=1S/C43H53N9O4S/c1-27-29-9-7-16-51(37(29)50-49-36(27)48-39-46-32-10-5-6-11-33(32)57-39)34-13-12-30(35(47-34)38(54)55)31-19-45-52(28(31)2)26-42-21-40(3)20-41(4,22-42)24-43(23-40,25-42)56-18-15-44-14-8-17-53/h5-6,10-13,19,44,53H,7-9,14-18,20-26H2,1-4H3,(H,54,55)(H,46,48,49). The molecule has 57 heavy (non-hydrogen) atoms. The van der Waals surface area contributed by atoms with Crippen molar-refractivity contribution in [3.63, 3.8) is 0 Å². The van der Waals surface area contributed by atoms with Crippen LogP contribution in [-0.4, -0.2) is 84.6 Å². The van der Waals surface area contributed by atoms with Gasteiger partial charge in [-0.2, -0.15) is 5.10 Å². The summed E-state index contributed by atoms with van der Waals surface area (Å²) < 4.78 is 10.1. The van der Waals surface area contributed by atoms with E-state index in [0.29, 0.717) is 36.2 Å². The first-order valence-electron chi connectivity index (χ1n) is 20.4. The highest BCUT2D eigenvalue weighted by Crippen LogP contribution is 2.72. The van der Waals surface area contributed by atoms with Crippen molar-refractivity contribution in [1.29, 1.82) is 0 Å². The number of aromatic nitrogens is 6. The van der Waals surface area contributed by atoms with Crippen LogP contribution in [0.5, 0.6) is 0 Å². The van der Waals surface area contributed by atoms with E-state index in [-0.39, 0.29) is 34.1 Å². The Hall–Kier alpha value is -4.50. The maximum absolute atomic E-state index is 12.9. The molecule has 4 bridgehead atoms. The molecule has 4 aromatic heterocycles. The number of aliphatic hydroxyl groups excluding tert-OH is 1. The van der Waals surface area contributed by atoms with Gasteiger partial charge in [-0.05, 0) is 119 Å². The number of nitrogens with one attached hydrogen (secondary N) is 2. The Kier molecular flexibility index (Phi) is 9.61. The lowest BCUT2D eigenvalue weighted by Gasteiger charge is -2.69. The molecule has 4 N–H and O–H groups in total. The molecule has 1 aliphatic heterocycles. The first-order chi connectivity index (χ1) is 27.4. The molecular weight excluding hydrogens is 739 g/mol. The number of thiazole rings is 1. The first kappa shape index (κ1) is 38.0. The Bertz CT molecular complexity index is 2290. The van der Waals surface area contributed by atoms with E-state index in [4.69, 9.17) is 24.9 Å². The molecular formula is C43H53N9O4S. The average molecular weight is 792 g/mol. The number of carbonyl (C=O) groups is 1. The number of hydrogen-bond donors (Lipinski definition) is 4. The van der Waals surface area contributed by atoms with Crippen molar-refractivity contribution in [2.45, 2.75) is 97.6 Å². The van der Waals surface area contributed by atoms with Gasteiger partial charge in [-0.15, -0.1) is 10.2 Å². The highest BCUT2D eigenvalue weighted by Gasteiger charge is 2.66. The van der Waals surface area contributed by atoms with Crippen LogP contribution in [0.3, 0.4) is 0 Å². The number of para-hydroxylation sites is 1. The van der Waals surface area contributed by atoms with Crippen LogP contribution in [0.1, 0.15) is 92.5 Å². The van der Waals surface area contributed by atoms with Crippen molar-refractivity contribution < 1.29 is 19.7 Å². The van der Waals surface area contributed by atoms with Crippen LogP contribution in [0.2, 0.25) is 0 Å². The van der Waals surface area contributed by atoms with Crippen molar-refractivity contribution in [2.75, 3.05) is 43.1 Å². The summed E-state index contributed by atoms with van der Waals surface area (Å²) in [6.07, 6.45) is 10.9. The Balaban J connectivity index is 0.960. The molecule has 0 radical (unpaired) electrons. The molecule has 4 aliphatic carbocycles. The van der Waals surface area contributed by atoms with E-state index in [9.17, 15) is 9.90 Å². The lowest BCUT2D eigenvalue weighted by Crippen LogP contribution is -2.64. The molecule has 0 saturated heterocycles. The average Bonchev–Trinajstić information content (AvgIpc) is 3.74. The number of pyridine rings is 1. The minimum atomic E-state index is -1.08. The molecule has 2 unspecified atom stereocenters. The van der Waals surface area contributed by atoms with Gasteiger partial charge in [-0.3, -0.25) is 4.68 Å². The minimum absolute atomic E-state index is 0.00384. The van der Waals surface area contributed by atoms with Gasteiger partial charge >= 0.3 is 5.97 Å². The minimum Gasteiger partial charge on any atom is -0.476 e. The molecule has 13 nitrogen and oxygen atoms in total. The second kappa shape index (κ2) is 14.4. The molecule has 2 atom stereocenters. The van der Waals surface area contributed by atoms with E-state index < -0.39 is 5.97 Å². The number of hydrogen-bond acceptors (Lipinski definition) is 12. The Morgan fingerprint density at radius 3 is 2.54 bits per heavy atom. The van der Waals surface area contributed by atoms with Gasteiger partial charge in [-0.25, -0.2) is 14.8 Å². The van der Waals surface area contributed by atoms with Gasteiger partial charge in [0, 0.05) is 54.2 Å². The topological polar surface area (TPSA) is 163 Å². The van der Waals surface area contributed by atoms with Crippen molar-refractivity contribution >= 4 is 50.1 Å². The van der Waals surface area contributed by atoms with E-state index in [1.807, 2.05) is 48.4 Å². The van der Waals surface area contributed by atoms with Crippen molar-refractivity contribution in [2.24, 2.45) is 16.2 Å². The van der Waals surface area contributed by atoms with E-state index >= 15 is 0 Å². The van der Waals surface area contributed by atoms with Crippen LogP contribution in [0.25, 0.3) is 21.3 Å². The number of rotatable bonds is 14. The Morgan fingerprint density at radius 2 is 1.77 bits per heavy atom. The maximum atomic E-state index is 12.9. The lowest BCUT2D eigenvalue weighted by atomic mass is 9.39. The molecule has 5 aliphatic rings. The molecule has 0 spiro atoms. The fourth-order valence-corrected chi connectivity index (χ4v) is 12.8. The molecule has 5 heterocycles. The van der Waals surface area contributed by atoms with Gasteiger partial charge < -0.3 is 30.5 Å². The second-order valence-corrected chi connectivity index (χ2v) is 19.1. The predicted molar refractivity (Wildman–Crippen MR) is 222 cm³/mol. The van der Waals surface area contributed by atoms with Crippen LogP contribution in [0, 0.1) is 30.1 Å². The number of benzene rings is 1. The van der Waals surface area contributed by atoms with Crippen LogP contribution in [-0.2, 0) is 17.7 Å². The van der Waals surface area contributed by atoms with Crippen LogP contribution in [0.15, 0.2) is 42.6 Å². The highest BCUT2D eigenvalue weighted by molar-refractivity contribution is 7.22. The molecule has 0 amide bonds. The van der Waals surface area contributed by atoms with E-state index in [1.165, 1.54) is 6.42 Å². The number of aromatic carboxylic acids is 1. The lowest BCUT2D eigenvalue weighted by molar-refractivity contribution is -0.247. The summed E-state index contributed by atoms with van der Waals surface area (Å²) in [5.74, 6) is 0.818. The smallest absolute Gasteiger partial charge is 0.355 e. The van der Waals surface area contributed by atoms with Gasteiger partial charge in [0.05, 0.1) is 28.6 Å². The van der Waals surface area contributed by atoms with Crippen LogP contribution < -0.4 is 15.5 Å². The normalized spacial score (nSPS) is 26.3. The van der Waals surface area contributed by atoms with Gasteiger partial charge in [-0.1, -0.05) is 37.3 Å². The Labute approximate surface area is 337 Å². The molecule has 4 saturated carbocycles. The van der Waals surface area contributed by atoms with E-state index in [1.54, 1.807) is 11.3 Å². The second-order valence-electron chi connectivity index (χ2n) is 18.1. The zero-order chi connectivity index (χ0) is 39.6. The number of anilines is 4. The number of carboxylic acid groups (broad SMARTS) is 1. The zero-order valence-corrected chi connectivity index (χ0v) is 34.2. The molecule has 300 valence electrons. The summed E-state index contributed by atoms with van der Waals surface area (Å²) in [5.41, 5.74) is 5.58. The number of aliphatic hydroxyl groups is 1. The van der Waals surface area contributed by atoms with Gasteiger partial charge in [0.1, 0.15) is 5.82 Å². The predicted octanol–water partition coefficient (Wildman–Crippen LogP) is 7.60. The molecule has 1 aromatic carbocycles. The maximum Gasteiger partial charge on any atom is 0.355 e. The third-order valence-electron chi connectivity index (χ3n) is 13.0. The third-order valence-corrected chi connectivity index (χ3v) is 13.9. The summed E-state index contributed by atoms with van der Waals surface area (Å²) in [6, 6.07) is 11.8. The van der Waals surface area contributed by atoms with Crippen LogP contribution in [0.4, 0.5) is 22.6 Å². The first-order valence-corrected chi connectivity index (χ1v) is 21.2. The fourth-order valence-electron chi connectivity index (χ4n) is 11.9. The quantitative estimate of drug-likeness (QED) is 0.0817. The summed E-state index contributed by atoms with van der Waals surface area (Å²) in [4.78, 5) is 24.4. The number of carboxylic acids is 1. The van der Waals surface area contributed by atoms with E-state index in [2.05, 4.69) is 52.4 Å². The molecule has 10 rings (SSSR count). The largest absolute Gasteiger partial charge is 0.476 e. The van der Waals surface area contributed by atoms with Crippen molar-refractivity contribution in [1.82, 2.24) is 35.3 Å². The Morgan fingerprint density at radius 1 is 0.965 bits per heavy atom. The van der Waals surface area contributed by atoms with E-state index in [0.717, 1.165) is 109 Å². The van der Waals surface area contributed by atoms with Gasteiger partial charge in [0.15, 0.2) is 22.5 Å². The van der Waals surface area contributed by atoms with Gasteiger partial charge in [0.2, 0.25) is 0 Å². The molecule has 4 fully saturated rings. The van der Waals surface area contributed by atoms with Crippen LogP contribution >= 0.6 is 11.3 Å². The van der Waals surface area contributed by atoms with Crippen molar-refractivity contribution in [3.05, 3.63) is 65.1 Å². The fraction of sp³-hybridized carbons (Fsp3) is 0.535. The number of fused-ring (bicyclic) bond motifs is 2. The monoisotopic (exact) mass is 791 g/mol. The zero-order valence-electron chi connectivity index (χ0n) is 33.4. The van der Waals surface area contributed by atoms with Gasteiger partial charge in [0.25, 0.3) is 0 Å². The highest BCUT2D eigenvalue weighted by atomic mass is 32.1. The summed E-state index contributed by atoms with van der Waals surface area (Å²) >= 11 is 1.58. The molecule has 14 heteroatoms. The number of nitrogens with zero attached hydrogens (tertiary/aromatic N) is 7. The summed E-state index contributed by atoms with van der Waals surface area (Å²) in [5, 5.41) is 41.4. The SMILES string of the molecule is Cc1c(Nc2nc3ccccc3s2)nnc2c1CCCN2c1ccc(-c2cnn(CC34CC5(C)CC(C)(C3)CC(OCCNCCCO)(C5)C4)c2C)c(C(=O)O)n1. The summed E-state index contributed by atoms with van der Waals surface area (Å²) in [6.45, 7) is 12.9. The third kappa shape index (κ3) is 7.08.